The van der Waals surface area contributed by atoms with Gasteiger partial charge < -0.3 is 4.57 Å². The molecule has 0 N–H and O–H groups in total. The van der Waals surface area contributed by atoms with Gasteiger partial charge in [-0.05, 0) is 69.8 Å². The highest BCUT2D eigenvalue weighted by Gasteiger charge is 2.15. The second-order valence-corrected chi connectivity index (χ2v) is 6.85. The van der Waals surface area contributed by atoms with Gasteiger partial charge in [-0.1, -0.05) is 25.0 Å². The van der Waals surface area contributed by atoms with E-state index in [1.54, 1.807) is 0 Å². The fraction of sp³-hybridized carbons (Fsp3) is 0.579. The van der Waals surface area contributed by atoms with E-state index in [2.05, 4.69) is 54.5 Å². The maximum absolute atomic E-state index is 2.65. The number of aryl methyl sites for hydroxylation is 1. The highest BCUT2D eigenvalue weighted by Crippen LogP contribution is 2.26. The molecule has 0 spiro atoms. The molecule has 0 amide bonds. The second kappa shape index (κ2) is 6.23. The van der Waals surface area contributed by atoms with Gasteiger partial charge in [0.1, 0.15) is 0 Å². The first-order valence-corrected chi connectivity index (χ1v) is 8.48. The standard InChI is InChI=1S/C19H28N2/c1-15(2)21-18(14-20-10-6-4-5-7-11-20)13-17-9-8-16(3)12-19(17)21/h8-9,12-13,15H,4-7,10-11,14H2,1-3H3. The predicted molar refractivity (Wildman–Crippen MR) is 90.8 cm³/mol. The van der Waals surface area contributed by atoms with Gasteiger partial charge in [-0.25, -0.2) is 0 Å². The third kappa shape index (κ3) is 3.16. The molecule has 0 aliphatic carbocycles. The van der Waals surface area contributed by atoms with Gasteiger partial charge >= 0.3 is 0 Å². The number of rotatable bonds is 3. The van der Waals surface area contributed by atoms with E-state index >= 15 is 0 Å². The van der Waals surface area contributed by atoms with Crippen LogP contribution < -0.4 is 0 Å². The minimum absolute atomic E-state index is 0.520. The fourth-order valence-electron chi connectivity index (χ4n) is 3.64. The first-order chi connectivity index (χ1) is 10.1. The smallest absolute Gasteiger partial charge is 0.0488 e. The van der Waals surface area contributed by atoms with Crippen molar-refractivity contribution in [1.82, 2.24) is 9.47 Å². The fourth-order valence-corrected chi connectivity index (χ4v) is 3.64. The van der Waals surface area contributed by atoms with Crippen LogP contribution in [0.3, 0.4) is 0 Å². The van der Waals surface area contributed by atoms with Crippen LogP contribution in [-0.4, -0.2) is 22.6 Å². The van der Waals surface area contributed by atoms with Crippen molar-refractivity contribution in [2.45, 2.75) is 59.0 Å². The van der Waals surface area contributed by atoms with Gasteiger partial charge in [0.15, 0.2) is 0 Å². The third-order valence-electron chi connectivity index (χ3n) is 4.68. The van der Waals surface area contributed by atoms with Gasteiger partial charge in [-0.2, -0.15) is 0 Å². The second-order valence-electron chi connectivity index (χ2n) is 6.85. The minimum atomic E-state index is 0.520. The van der Waals surface area contributed by atoms with Crippen LogP contribution in [0.1, 0.15) is 56.8 Å². The quantitative estimate of drug-likeness (QED) is 0.777. The average molecular weight is 284 g/mol. The first-order valence-electron chi connectivity index (χ1n) is 8.48. The molecular formula is C19H28N2. The molecule has 1 aromatic heterocycles. The van der Waals surface area contributed by atoms with Crippen LogP contribution in [0.25, 0.3) is 10.9 Å². The minimum Gasteiger partial charge on any atom is -0.341 e. The highest BCUT2D eigenvalue weighted by molar-refractivity contribution is 5.82. The summed E-state index contributed by atoms with van der Waals surface area (Å²) >= 11 is 0. The Kier molecular flexibility index (Phi) is 4.34. The summed E-state index contributed by atoms with van der Waals surface area (Å²) < 4.78 is 2.53. The van der Waals surface area contributed by atoms with Gasteiger partial charge in [0.25, 0.3) is 0 Å². The summed E-state index contributed by atoms with van der Waals surface area (Å²) in [6.45, 7) is 10.4. The number of benzene rings is 1. The Morgan fingerprint density at radius 1 is 1.00 bits per heavy atom. The van der Waals surface area contributed by atoms with Crippen molar-refractivity contribution in [2.24, 2.45) is 0 Å². The molecular weight excluding hydrogens is 256 g/mol. The molecule has 1 fully saturated rings. The van der Waals surface area contributed by atoms with Crippen molar-refractivity contribution in [3.8, 4) is 0 Å². The largest absolute Gasteiger partial charge is 0.341 e. The number of likely N-dealkylation sites (tertiary alicyclic amines) is 1. The van der Waals surface area contributed by atoms with Gasteiger partial charge in [0, 0.05) is 23.8 Å². The van der Waals surface area contributed by atoms with E-state index in [1.807, 2.05) is 0 Å². The molecule has 0 unspecified atom stereocenters. The van der Waals surface area contributed by atoms with Crippen molar-refractivity contribution in [2.75, 3.05) is 13.1 Å². The number of nitrogens with zero attached hydrogens (tertiary/aromatic N) is 2. The van der Waals surface area contributed by atoms with Crippen molar-refractivity contribution in [1.29, 1.82) is 0 Å². The molecule has 3 rings (SSSR count). The lowest BCUT2D eigenvalue weighted by molar-refractivity contribution is 0.268. The van der Waals surface area contributed by atoms with E-state index in [-0.39, 0.29) is 0 Å². The Balaban J connectivity index is 1.95. The van der Waals surface area contributed by atoms with Gasteiger partial charge in [-0.15, -0.1) is 0 Å². The molecule has 0 atom stereocenters. The summed E-state index contributed by atoms with van der Waals surface area (Å²) in [6.07, 6.45) is 5.54. The van der Waals surface area contributed by atoms with E-state index in [0.717, 1.165) is 6.54 Å². The molecule has 0 bridgehead atoms. The molecule has 2 aromatic rings. The van der Waals surface area contributed by atoms with Gasteiger partial charge in [0.2, 0.25) is 0 Å². The lowest BCUT2D eigenvalue weighted by Gasteiger charge is -2.22. The first kappa shape index (κ1) is 14.6. The molecule has 21 heavy (non-hydrogen) atoms. The van der Waals surface area contributed by atoms with E-state index in [0.29, 0.717) is 6.04 Å². The summed E-state index contributed by atoms with van der Waals surface area (Å²) in [5.74, 6) is 0. The summed E-state index contributed by atoms with van der Waals surface area (Å²) in [6, 6.07) is 9.75. The molecule has 1 aliphatic heterocycles. The molecule has 1 aromatic carbocycles. The Hall–Kier alpha value is -1.28. The monoisotopic (exact) mass is 284 g/mol. The number of hydrogen-bond acceptors (Lipinski definition) is 1. The van der Waals surface area contributed by atoms with Crippen LogP contribution >= 0.6 is 0 Å². The van der Waals surface area contributed by atoms with E-state index in [1.165, 1.54) is 60.9 Å². The van der Waals surface area contributed by atoms with Crippen molar-refractivity contribution in [3.63, 3.8) is 0 Å². The third-order valence-corrected chi connectivity index (χ3v) is 4.68. The Labute approximate surface area is 128 Å². The summed E-state index contributed by atoms with van der Waals surface area (Å²) in [5.41, 5.74) is 4.23. The van der Waals surface area contributed by atoms with Crippen LogP contribution in [0.2, 0.25) is 0 Å². The Morgan fingerprint density at radius 3 is 2.38 bits per heavy atom. The van der Waals surface area contributed by atoms with Gasteiger partial charge in [-0.3, -0.25) is 4.90 Å². The van der Waals surface area contributed by atoms with Crippen LogP contribution in [0.5, 0.6) is 0 Å². The maximum atomic E-state index is 2.65. The molecule has 2 heteroatoms. The predicted octanol–water partition coefficient (Wildman–Crippen LogP) is 4.91. The normalized spacial score (nSPS) is 17.5. The van der Waals surface area contributed by atoms with Crippen LogP contribution in [0.4, 0.5) is 0 Å². The topological polar surface area (TPSA) is 8.17 Å². The van der Waals surface area contributed by atoms with Gasteiger partial charge in [0.05, 0.1) is 0 Å². The zero-order chi connectivity index (χ0) is 14.8. The van der Waals surface area contributed by atoms with Crippen molar-refractivity contribution in [3.05, 3.63) is 35.5 Å². The molecule has 1 aliphatic rings. The SMILES string of the molecule is Cc1ccc2cc(CN3CCCCCC3)n(C(C)C)c2c1. The number of fused-ring (bicyclic) bond motifs is 1. The lowest BCUT2D eigenvalue weighted by atomic mass is 10.2. The zero-order valence-corrected chi connectivity index (χ0v) is 13.7. The maximum Gasteiger partial charge on any atom is 0.0488 e. The van der Waals surface area contributed by atoms with Crippen LogP contribution in [0, 0.1) is 6.92 Å². The summed E-state index contributed by atoms with van der Waals surface area (Å²) in [5, 5.41) is 1.39. The molecule has 0 saturated carbocycles. The molecule has 2 nitrogen and oxygen atoms in total. The van der Waals surface area contributed by atoms with Crippen LogP contribution in [0.15, 0.2) is 24.3 Å². The molecule has 114 valence electrons. The van der Waals surface area contributed by atoms with Crippen molar-refractivity contribution < 1.29 is 0 Å². The van der Waals surface area contributed by atoms with Crippen molar-refractivity contribution >= 4 is 10.9 Å². The number of hydrogen-bond donors (Lipinski definition) is 0. The lowest BCUT2D eigenvalue weighted by Crippen LogP contribution is -2.25. The molecule has 2 heterocycles. The summed E-state index contributed by atoms with van der Waals surface area (Å²) in [7, 11) is 0. The highest BCUT2D eigenvalue weighted by atomic mass is 15.1. The zero-order valence-electron chi connectivity index (χ0n) is 13.7. The van der Waals surface area contributed by atoms with E-state index in [9.17, 15) is 0 Å². The molecule has 0 radical (unpaired) electrons. The summed E-state index contributed by atoms with van der Waals surface area (Å²) in [4.78, 5) is 2.65. The molecule has 1 saturated heterocycles. The van der Waals surface area contributed by atoms with E-state index < -0.39 is 0 Å². The Bertz CT molecular complexity index is 601. The number of aromatic nitrogens is 1. The van der Waals surface area contributed by atoms with E-state index in [4.69, 9.17) is 0 Å². The average Bonchev–Trinajstić information content (AvgIpc) is 2.60. The van der Waals surface area contributed by atoms with Crippen LogP contribution in [-0.2, 0) is 6.54 Å². The Morgan fingerprint density at radius 2 is 1.71 bits per heavy atom.